The van der Waals surface area contributed by atoms with Crippen molar-refractivity contribution in [3.05, 3.63) is 40.5 Å². The van der Waals surface area contributed by atoms with Crippen molar-refractivity contribution in [2.45, 2.75) is 18.8 Å². The molecule has 0 aromatic carbocycles. The van der Waals surface area contributed by atoms with Gasteiger partial charge in [-0.25, -0.2) is 4.98 Å². The highest BCUT2D eigenvalue weighted by Gasteiger charge is 2.28. The van der Waals surface area contributed by atoms with E-state index in [0.29, 0.717) is 0 Å². The SMILES string of the molecule is CC1(c2nccs2)C=CC=C(N)C1. The highest BCUT2D eigenvalue weighted by Crippen LogP contribution is 2.34. The molecule has 0 fully saturated rings. The fourth-order valence-corrected chi connectivity index (χ4v) is 2.36. The van der Waals surface area contributed by atoms with Crippen molar-refractivity contribution in [2.24, 2.45) is 5.73 Å². The van der Waals surface area contributed by atoms with Gasteiger partial charge in [0.25, 0.3) is 0 Å². The number of rotatable bonds is 1. The lowest BCUT2D eigenvalue weighted by molar-refractivity contribution is 0.573. The number of aromatic nitrogens is 1. The molecule has 1 aliphatic rings. The second-order valence-corrected chi connectivity index (χ2v) is 4.43. The molecule has 1 heterocycles. The van der Waals surface area contributed by atoms with Crippen molar-refractivity contribution < 1.29 is 0 Å². The van der Waals surface area contributed by atoms with E-state index in [2.05, 4.69) is 18.0 Å². The van der Waals surface area contributed by atoms with Gasteiger partial charge in [-0.2, -0.15) is 0 Å². The summed E-state index contributed by atoms with van der Waals surface area (Å²) in [6.07, 6.45) is 8.85. The molecule has 3 heteroatoms. The van der Waals surface area contributed by atoms with Gasteiger partial charge < -0.3 is 5.73 Å². The molecule has 0 radical (unpaired) electrons. The van der Waals surface area contributed by atoms with Gasteiger partial charge in [0.2, 0.25) is 0 Å². The lowest BCUT2D eigenvalue weighted by Crippen LogP contribution is -2.23. The molecular formula is C10H12N2S. The summed E-state index contributed by atoms with van der Waals surface area (Å²) in [4.78, 5) is 4.33. The summed E-state index contributed by atoms with van der Waals surface area (Å²) < 4.78 is 0. The van der Waals surface area contributed by atoms with Crippen molar-refractivity contribution in [3.63, 3.8) is 0 Å². The van der Waals surface area contributed by atoms with Crippen LogP contribution in [0.25, 0.3) is 0 Å². The number of nitrogens with two attached hydrogens (primary N) is 1. The van der Waals surface area contributed by atoms with Gasteiger partial charge in [-0.1, -0.05) is 12.2 Å². The molecule has 0 saturated carbocycles. The Balaban J connectivity index is 2.34. The van der Waals surface area contributed by atoms with Crippen LogP contribution in [0.3, 0.4) is 0 Å². The Hall–Kier alpha value is -1.09. The largest absolute Gasteiger partial charge is 0.402 e. The van der Waals surface area contributed by atoms with E-state index in [1.54, 1.807) is 11.3 Å². The molecule has 0 amide bonds. The highest BCUT2D eigenvalue weighted by molar-refractivity contribution is 7.09. The van der Waals surface area contributed by atoms with E-state index in [1.165, 1.54) is 0 Å². The number of hydrogen-bond donors (Lipinski definition) is 1. The van der Waals surface area contributed by atoms with Crippen LogP contribution >= 0.6 is 11.3 Å². The maximum absolute atomic E-state index is 5.80. The van der Waals surface area contributed by atoms with E-state index < -0.39 is 0 Å². The lowest BCUT2D eigenvalue weighted by atomic mass is 9.83. The topological polar surface area (TPSA) is 38.9 Å². The van der Waals surface area contributed by atoms with Crippen LogP contribution in [0, 0.1) is 0 Å². The van der Waals surface area contributed by atoms with Gasteiger partial charge in [-0.15, -0.1) is 11.3 Å². The molecule has 1 atom stereocenters. The summed E-state index contributed by atoms with van der Waals surface area (Å²) in [5, 5.41) is 3.14. The van der Waals surface area contributed by atoms with Gasteiger partial charge in [0.15, 0.2) is 0 Å². The standard InChI is InChI=1S/C10H12N2S/c1-10(9-12-5-6-13-9)4-2-3-8(11)7-10/h2-6H,7,11H2,1H3. The Morgan fingerprint density at radius 3 is 3.08 bits per heavy atom. The number of hydrogen-bond acceptors (Lipinski definition) is 3. The second-order valence-electron chi connectivity index (χ2n) is 3.53. The van der Waals surface area contributed by atoms with Gasteiger partial charge >= 0.3 is 0 Å². The van der Waals surface area contributed by atoms with Crippen molar-refractivity contribution in [1.82, 2.24) is 4.98 Å². The van der Waals surface area contributed by atoms with E-state index in [4.69, 9.17) is 5.73 Å². The van der Waals surface area contributed by atoms with Crippen LogP contribution in [-0.4, -0.2) is 4.98 Å². The van der Waals surface area contributed by atoms with E-state index in [0.717, 1.165) is 17.1 Å². The quantitative estimate of drug-likeness (QED) is 0.741. The van der Waals surface area contributed by atoms with Crippen LogP contribution in [-0.2, 0) is 5.41 Å². The maximum atomic E-state index is 5.80. The summed E-state index contributed by atoms with van der Waals surface area (Å²) >= 11 is 1.69. The Bertz CT molecular complexity index is 351. The molecule has 1 aromatic heterocycles. The van der Waals surface area contributed by atoms with Gasteiger partial charge in [0, 0.05) is 29.1 Å². The van der Waals surface area contributed by atoms with Gasteiger partial charge in [0.05, 0.1) is 0 Å². The molecule has 2 nitrogen and oxygen atoms in total. The van der Waals surface area contributed by atoms with E-state index >= 15 is 0 Å². The first-order valence-corrected chi connectivity index (χ1v) is 5.12. The van der Waals surface area contributed by atoms with Gasteiger partial charge in [0.1, 0.15) is 5.01 Å². The number of nitrogens with zero attached hydrogens (tertiary/aromatic N) is 1. The zero-order chi connectivity index (χ0) is 9.31. The summed E-state index contributed by atoms with van der Waals surface area (Å²) in [5.41, 5.74) is 6.74. The van der Waals surface area contributed by atoms with Crippen molar-refractivity contribution in [2.75, 3.05) is 0 Å². The molecule has 2 N–H and O–H groups in total. The minimum atomic E-state index is 0.00694. The van der Waals surface area contributed by atoms with Crippen LogP contribution in [0.1, 0.15) is 18.4 Å². The van der Waals surface area contributed by atoms with Crippen LogP contribution in [0.5, 0.6) is 0 Å². The first kappa shape index (κ1) is 8.51. The zero-order valence-electron chi connectivity index (χ0n) is 7.53. The first-order valence-electron chi connectivity index (χ1n) is 4.24. The van der Waals surface area contributed by atoms with Crippen LogP contribution in [0.2, 0.25) is 0 Å². The maximum Gasteiger partial charge on any atom is 0.103 e. The number of allylic oxidation sites excluding steroid dienone is 4. The third kappa shape index (κ3) is 1.52. The average Bonchev–Trinajstić information content (AvgIpc) is 2.55. The van der Waals surface area contributed by atoms with Crippen molar-refractivity contribution >= 4 is 11.3 Å². The van der Waals surface area contributed by atoms with Crippen LogP contribution in [0.15, 0.2) is 35.5 Å². The third-order valence-electron chi connectivity index (χ3n) is 2.27. The molecule has 2 rings (SSSR count). The molecule has 0 bridgehead atoms. The highest BCUT2D eigenvalue weighted by atomic mass is 32.1. The Labute approximate surface area is 81.8 Å². The molecule has 13 heavy (non-hydrogen) atoms. The van der Waals surface area contributed by atoms with Gasteiger partial charge in [-0.05, 0) is 13.0 Å². The first-order chi connectivity index (χ1) is 6.21. The summed E-state index contributed by atoms with van der Waals surface area (Å²) in [6, 6.07) is 0. The zero-order valence-corrected chi connectivity index (χ0v) is 8.34. The Morgan fingerprint density at radius 1 is 1.62 bits per heavy atom. The fraction of sp³-hybridized carbons (Fsp3) is 0.300. The molecule has 0 aliphatic heterocycles. The predicted molar refractivity (Wildman–Crippen MR) is 55.5 cm³/mol. The number of thiazole rings is 1. The third-order valence-corrected chi connectivity index (χ3v) is 3.32. The molecular weight excluding hydrogens is 180 g/mol. The smallest absolute Gasteiger partial charge is 0.103 e. The van der Waals surface area contributed by atoms with Gasteiger partial charge in [-0.3, -0.25) is 0 Å². The Kier molecular flexibility index (Phi) is 1.96. The molecule has 1 aliphatic carbocycles. The minimum absolute atomic E-state index is 0.00694. The normalized spacial score (nSPS) is 27.3. The minimum Gasteiger partial charge on any atom is -0.402 e. The van der Waals surface area contributed by atoms with E-state index in [-0.39, 0.29) is 5.41 Å². The molecule has 68 valence electrons. The lowest BCUT2D eigenvalue weighted by Gasteiger charge is -2.25. The van der Waals surface area contributed by atoms with E-state index in [1.807, 2.05) is 23.7 Å². The average molecular weight is 192 g/mol. The van der Waals surface area contributed by atoms with Crippen LogP contribution < -0.4 is 5.73 Å². The van der Waals surface area contributed by atoms with Crippen LogP contribution in [0.4, 0.5) is 0 Å². The molecule has 1 unspecified atom stereocenters. The molecule has 1 aromatic rings. The molecule has 0 saturated heterocycles. The van der Waals surface area contributed by atoms with Crippen molar-refractivity contribution in [3.8, 4) is 0 Å². The molecule has 0 spiro atoms. The summed E-state index contributed by atoms with van der Waals surface area (Å²) in [6.45, 7) is 2.17. The second kappa shape index (κ2) is 3.00. The predicted octanol–water partition coefficient (Wildman–Crippen LogP) is 2.20. The summed E-state index contributed by atoms with van der Waals surface area (Å²) in [7, 11) is 0. The Morgan fingerprint density at radius 2 is 2.46 bits per heavy atom. The summed E-state index contributed by atoms with van der Waals surface area (Å²) in [5.74, 6) is 0. The van der Waals surface area contributed by atoms with Crippen molar-refractivity contribution in [1.29, 1.82) is 0 Å². The fourth-order valence-electron chi connectivity index (χ4n) is 1.58. The van der Waals surface area contributed by atoms with E-state index in [9.17, 15) is 0 Å². The monoisotopic (exact) mass is 192 g/mol.